The van der Waals surface area contributed by atoms with E-state index in [4.69, 9.17) is 4.74 Å². The van der Waals surface area contributed by atoms with E-state index in [9.17, 15) is 18.0 Å². The van der Waals surface area contributed by atoms with Crippen molar-refractivity contribution in [3.05, 3.63) is 89.5 Å². The van der Waals surface area contributed by atoms with Crippen LogP contribution in [0.2, 0.25) is 0 Å². The lowest BCUT2D eigenvalue weighted by Crippen LogP contribution is -2.53. The number of carbonyl (C=O) groups is 2. The highest BCUT2D eigenvalue weighted by atomic mass is 32.2. The first-order valence-electron chi connectivity index (χ1n) is 14.5. The minimum absolute atomic E-state index is 0.0533. The number of hydrogen-bond donors (Lipinski definition) is 1. The number of amides is 2. The highest BCUT2D eigenvalue weighted by Gasteiger charge is 2.35. The van der Waals surface area contributed by atoms with E-state index in [1.54, 1.807) is 30.3 Å². The van der Waals surface area contributed by atoms with Crippen molar-refractivity contribution in [3.8, 4) is 5.75 Å². The van der Waals surface area contributed by atoms with E-state index in [1.807, 2.05) is 51.1 Å². The summed E-state index contributed by atoms with van der Waals surface area (Å²) in [5.74, 6) is -0.367. The second kappa shape index (κ2) is 13.9. The summed E-state index contributed by atoms with van der Waals surface area (Å²) in [7, 11) is -2.71. The number of ether oxygens (including phenoxy) is 1. The number of carbonyl (C=O) groups excluding carboxylic acids is 2. The van der Waals surface area contributed by atoms with Crippen LogP contribution in [0, 0.1) is 13.8 Å². The average Bonchev–Trinajstić information content (AvgIpc) is 3.49. The molecule has 4 rings (SSSR count). The molecule has 0 aliphatic heterocycles. The number of sulfonamides is 1. The van der Waals surface area contributed by atoms with Gasteiger partial charge in [0.2, 0.25) is 11.8 Å². The molecule has 0 saturated heterocycles. The molecule has 1 aliphatic rings. The van der Waals surface area contributed by atoms with Crippen molar-refractivity contribution in [3.63, 3.8) is 0 Å². The third-order valence-electron chi connectivity index (χ3n) is 7.74. The molecule has 1 N–H and O–H groups in total. The summed E-state index contributed by atoms with van der Waals surface area (Å²) in [4.78, 5) is 29.5. The summed E-state index contributed by atoms with van der Waals surface area (Å²) in [5.41, 5.74) is 2.96. The first kappa shape index (κ1) is 31.1. The molecule has 9 heteroatoms. The number of aryl methyl sites for hydroxylation is 2. The number of benzene rings is 3. The summed E-state index contributed by atoms with van der Waals surface area (Å²) in [6, 6.07) is 20.3. The Bertz CT molecular complexity index is 1490. The first-order chi connectivity index (χ1) is 20.1. The number of rotatable bonds is 12. The van der Waals surface area contributed by atoms with Gasteiger partial charge in [0, 0.05) is 12.6 Å². The van der Waals surface area contributed by atoms with Crippen molar-refractivity contribution in [1.82, 2.24) is 10.2 Å². The van der Waals surface area contributed by atoms with Crippen molar-refractivity contribution < 1.29 is 22.7 Å². The van der Waals surface area contributed by atoms with Gasteiger partial charge in [-0.25, -0.2) is 8.42 Å². The van der Waals surface area contributed by atoms with E-state index in [1.165, 1.54) is 24.1 Å². The minimum atomic E-state index is -4.18. The molecule has 42 heavy (non-hydrogen) atoms. The second-order valence-electron chi connectivity index (χ2n) is 10.9. The molecule has 1 atom stereocenters. The quantitative estimate of drug-likeness (QED) is 0.305. The summed E-state index contributed by atoms with van der Waals surface area (Å²) < 4.78 is 34.8. The van der Waals surface area contributed by atoms with Crippen LogP contribution in [-0.2, 0) is 26.2 Å². The molecular weight excluding hydrogens is 550 g/mol. The Hall–Kier alpha value is -3.85. The van der Waals surface area contributed by atoms with Gasteiger partial charge >= 0.3 is 0 Å². The van der Waals surface area contributed by atoms with Crippen molar-refractivity contribution in [2.75, 3.05) is 18.0 Å². The fourth-order valence-corrected chi connectivity index (χ4v) is 6.96. The fourth-order valence-electron chi connectivity index (χ4n) is 5.52. The molecule has 1 unspecified atom stereocenters. The molecule has 0 aromatic heterocycles. The minimum Gasteiger partial charge on any atom is -0.495 e. The lowest BCUT2D eigenvalue weighted by Gasteiger charge is -2.34. The van der Waals surface area contributed by atoms with Crippen LogP contribution < -0.4 is 14.4 Å². The molecule has 3 aromatic rings. The number of nitrogens with zero attached hydrogens (tertiary/aromatic N) is 2. The van der Waals surface area contributed by atoms with Crippen molar-refractivity contribution in [2.45, 2.75) is 76.4 Å². The SMILES string of the molecule is CCC(C(=O)NC1CCCC1)N(Cc1cccc(C)c1)C(=O)CN(c1cc(C)ccc1OC)S(=O)(=O)c1ccccc1. The highest BCUT2D eigenvalue weighted by Crippen LogP contribution is 2.34. The van der Waals surface area contributed by atoms with E-state index in [-0.39, 0.29) is 29.1 Å². The zero-order valence-corrected chi connectivity index (χ0v) is 25.7. The molecule has 0 spiro atoms. The molecule has 3 aromatic carbocycles. The summed E-state index contributed by atoms with van der Waals surface area (Å²) >= 11 is 0. The van der Waals surface area contributed by atoms with Gasteiger partial charge in [-0.3, -0.25) is 13.9 Å². The normalized spacial score (nSPS) is 14.3. The number of hydrogen-bond acceptors (Lipinski definition) is 5. The van der Waals surface area contributed by atoms with Gasteiger partial charge in [0.25, 0.3) is 10.0 Å². The molecular formula is C33H41N3O5S. The molecule has 1 fully saturated rings. The maximum Gasteiger partial charge on any atom is 0.264 e. The average molecular weight is 592 g/mol. The Morgan fingerprint density at radius 2 is 1.64 bits per heavy atom. The third-order valence-corrected chi connectivity index (χ3v) is 9.51. The molecule has 224 valence electrons. The van der Waals surface area contributed by atoms with Crippen LogP contribution in [0.25, 0.3) is 0 Å². The van der Waals surface area contributed by atoms with Gasteiger partial charge in [-0.2, -0.15) is 0 Å². The zero-order chi connectivity index (χ0) is 30.3. The van der Waals surface area contributed by atoms with Gasteiger partial charge in [-0.1, -0.05) is 73.9 Å². The molecule has 0 radical (unpaired) electrons. The number of methoxy groups -OCH3 is 1. The van der Waals surface area contributed by atoms with Gasteiger partial charge in [-0.05, 0) is 68.5 Å². The highest BCUT2D eigenvalue weighted by molar-refractivity contribution is 7.92. The van der Waals surface area contributed by atoms with Crippen LogP contribution in [-0.4, -0.2) is 50.9 Å². The van der Waals surface area contributed by atoms with Gasteiger partial charge in [-0.15, -0.1) is 0 Å². The van der Waals surface area contributed by atoms with E-state index in [0.29, 0.717) is 12.2 Å². The van der Waals surface area contributed by atoms with Gasteiger partial charge in [0.15, 0.2) is 0 Å². The predicted octanol–water partition coefficient (Wildman–Crippen LogP) is 5.37. The van der Waals surface area contributed by atoms with Crippen LogP contribution >= 0.6 is 0 Å². The third kappa shape index (κ3) is 7.31. The predicted molar refractivity (Wildman–Crippen MR) is 165 cm³/mol. The standard InChI is InChI=1S/C33H41N3O5S/c1-5-29(33(38)34-27-14-9-10-15-27)35(22-26-13-11-12-24(2)20-26)32(37)23-36(30-21-25(3)18-19-31(30)41-4)42(39,40)28-16-7-6-8-17-28/h6-8,11-13,16-21,27,29H,5,9-10,14-15,22-23H2,1-4H3,(H,34,38). The molecule has 0 heterocycles. The molecule has 8 nitrogen and oxygen atoms in total. The Labute approximate surface area is 249 Å². The maximum atomic E-state index is 14.3. The second-order valence-corrected chi connectivity index (χ2v) is 12.8. The van der Waals surface area contributed by atoms with Crippen LogP contribution in [0.15, 0.2) is 77.7 Å². The van der Waals surface area contributed by atoms with Crippen molar-refractivity contribution >= 4 is 27.5 Å². The van der Waals surface area contributed by atoms with Crippen molar-refractivity contribution in [2.24, 2.45) is 0 Å². The number of anilines is 1. The molecule has 0 bridgehead atoms. The van der Waals surface area contributed by atoms with Gasteiger partial charge < -0.3 is 15.0 Å². The Morgan fingerprint density at radius 3 is 2.29 bits per heavy atom. The van der Waals surface area contributed by atoms with Crippen LogP contribution in [0.1, 0.15) is 55.7 Å². The van der Waals surface area contributed by atoms with Crippen LogP contribution in [0.3, 0.4) is 0 Å². The zero-order valence-electron chi connectivity index (χ0n) is 24.9. The smallest absolute Gasteiger partial charge is 0.264 e. The van der Waals surface area contributed by atoms with Crippen LogP contribution in [0.4, 0.5) is 5.69 Å². The van der Waals surface area contributed by atoms with Gasteiger partial charge in [0.1, 0.15) is 18.3 Å². The lowest BCUT2D eigenvalue weighted by atomic mass is 10.1. The molecule has 2 amide bonds. The van der Waals surface area contributed by atoms with Gasteiger partial charge in [0.05, 0.1) is 17.7 Å². The first-order valence-corrected chi connectivity index (χ1v) is 16.0. The number of nitrogens with one attached hydrogen (secondary N) is 1. The lowest BCUT2D eigenvalue weighted by molar-refractivity contribution is -0.140. The summed E-state index contributed by atoms with van der Waals surface area (Å²) in [5, 5.41) is 3.14. The van der Waals surface area contributed by atoms with E-state index in [2.05, 4.69) is 5.32 Å². The van der Waals surface area contributed by atoms with E-state index in [0.717, 1.165) is 46.7 Å². The van der Waals surface area contributed by atoms with E-state index >= 15 is 0 Å². The topological polar surface area (TPSA) is 96.0 Å². The monoisotopic (exact) mass is 591 g/mol. The maximum absolute atomic E-state index is 14.3. The summed E-state index contributed by atoms with van der Waals surface area (Å²) in [6.45, 7) is 5.36. The summed E-state index contributed by atoms with van der Waals surface area (Å²) in [6.07, 6.45) is 4.36. The van der Waals surface area contributed by atoms with Crippen molar-refractivity contribution in [1.29, 1.82) is 0 Å². The fraction of sp³-hybridized carbons (Fsp3) is 0.394. The van der Waals surface area contributed by atoms with E-state index < -0.39 is 28.5 Å². The van der Waals surface area contributed by atoms with Crippen LogP contribution in [0.5, 0.6) is 5.75 Å². The Balaban J connectivity index is 1.76. The largest absolute Gasteiger partial charge is 0.495 e. The Kier molecular flexibility index (Phi) is 10.3. The molecule has 1 aliphatic carbocycles. The Morgan fingerprint density at radius 1 is 0.952 bits per heavy atom. The molecule has 1 saturated carbocycles.